The van der Waals surface area contributed by atoms with Crippen LogP contribution in [0.1, 0.15) is 53.4 Å². The summed E-state index contributed by atoms with van der Waals surface area (Å²) in [7, 11) is -0.806. The van der Waals surface area contributed by atoms with Gasteiger partial charge in [0.1, 0.15) is 7.43 Å². The van der Waals surface area contributed by atoms with Crippen LogP contribution in [0.2, 0.25) is 0 Å². The molecule has 1 aromatic heterocycles. The Morgan fingerprint density at radius 3 is 2.19 bits per heavy atom. The first-order valence-corrected chi connectivity index (χ1v) is 10.7. The molecular weight excluding hydrogens is 321 g/mol. The molecule has 0 aromatic carbocycles. The lowest BCUT2D eigenvalue weighted by molar-refractivity contribution is 0.515. The van der Waals surface area contributed by atoms with Crippen LogP contribution in [0.5, 0.6) is 0 Å². The highest BCUT2D eigenvalue weighted by Gasteiger charge is 2.21. The van der Waals surface area contributed by atoms with Crippen molar-refractivity contribution in [3.63, 3.8) is 0 Å². The lowest BCUT2D eigenvalue weighted by Gasteiger charge is -2.24. The second-order valence-electron chi connectivity index (χ2n) is 5.22. The third kappa shape index (κ3) is 5.06. The maximum absolute atomic E-state index is 6.79. The molecule has 0 aliphatic rings. The molecule has 0 radical (unpaired) electrons. The van der Waals surface area contributed by atoms with Crippen LogP contribution in [0.4, 0.5) is 0 Å². The summed E-state index contributed by atoms with van der Waals surface area (Å²) >= 11 is 12.5. The van der Waals surface area contributed by atoms with Crippen molar-refractivity contribution in [1.82, 2.24) is 13.8 Å². The van der Waals surface area contributed by atoms with Crippen LogP contribution in [0.3, 0.4) is 0 Å². The van der Waals surface area contributed by atoms with E-state index < -0.39 is 7.43 Å². The third-order valence-electron chi connectivity index (χ3n) is 3.68. The van der Waals surface area contributed by atoms with Crippen LogP contribution in [0.15, 0.2) is 6.20 Å². The Balaban J connectivity index is 3.11. The van der Waals surface area contributed by atoms with Crippen LogP contribution in [0.25, 0.3) is 0 Å². The summed E-state index contributed by atoms with van der Waals surface area (Å²) in [6.45, 7) is 12.7. The number of hydrogen-bond donors (Lipinski definition) is 0. The first-order valence-electron chi connectivity index (χ1n) is 8.11. The summed E-state index contributed by atoms with van der Waals surface area (Å²) in [5.74, 6) is 0. The van der Waals surface area contributed by atoms with Crippen LogP contribution in [-0.2, 0) is 13.1 Å². The number of hydrogen-bond acceptors (Lipinski definition) is 2. The topological polar surface area (TPSA) is 13.1 Å². The van der Waals surface area contributed by atoms with Crippen molar-refractivity contribution in [2.75, 3.05) is 13.1 Å². The van der Waals surface area contributed by atoms with Crippen molar-refractivity contribution in [2.24, 2.45) is 0 Å². The van der Waals surface area contributed by atoms with E-state index in [1.807, 2.05) is 0 Å². The van der Waals surface area contributed by atoms with E-state index in [0.717, 1.165) is 43.8 Å². The van der Waals surface area contributed by atoms with Gasteiger partial charge < -0.3 is 9.13 Å². The van der Waals surface area contributed by atoms with Crippen molar-refractivity contribution in [3.8, 4) is 0 Å². The summed E-state index contributed by atoms with van der Waals surface area (Å²) in [5, 5.41) is 0. The second kappa shape index (κ2) is 9.99. The lowest BCUT2D eigenvalue weighted by Crippen LogP contribution is -2.24. The van der Waals surface area contributed by atoms with Gasteiger partial charge in [0, 0.05) is 32.4 Å². The van der Waals surface area contributed by atoms with Crippen molar-refractivity contribution >= 4 is 36.3 Å². The quantitative estimate of drug-likeness (QED) is 0.428. The van der Waals surface area contributed by atoms with Crippen molar-refractivity contribution < 1.29 is 0 Å². The average Bonchev–Trinajstić information content (AvgIpc) is 2.80. The minimum absolute atomic E-state index is 0.806. The molecule has 0 saturated carbocycles. The van der Waals surface area contributed by atoms with Crippen molar-refractivity contribution in [1.29, 1.82) is 0 Å². The van der Waals surface area contributed by atoms with E-state index in [1.165, 1.54) is 18.3 Å². The van der Waals surface area contributed by atoms with E-state index in [2.05, 4.69) is 47.7 Å². The van der Waals surface area contributed by atoms with Gasteiger partial charge in [0.2, 0.25) is 0 Å². The molecule has 1 heterocycles. The van der Waals surface area contributed by atoms with Crippen molar-refractivity contribution in [3.05, 3.63) is 11.0 Å². The highest BCUT2D eigenvalue weighted by Crippen LogP contribution is 2.44. The van der Waals surface area contributed by atoms with E-state index in [4.69, 9.17) is 23.5 Å². The Hall–Kier alpha value is 0.110. The van der Waals surface area contributed by atoms with Gasteiger partial charge in [0.05, 0.1) is 5.44 Å². The molecule has 0 fully saturated rings. The summed E-state index contributed by atoms with van der Waals surface area (Å²) in [6.07, 6.45) is 6.87. The first kappa shape index (κ1) is 19.2. The molecular formula is C15H29ClN3PS. The lowest BCUT2D eigenvalue weighted by atomic mass is 10.3. The highest BCUT2D eigenvalue weighted by molar-refractivity contribution is 7.88. The van der Waals surface area contributed by atoms with Crippen LogP contribution >= 0.6 is 30.9 Å². The molecule has 1 aromatic rings. The fourth-order valence-electron chi connectivity index (χ4n) is 2.30. The summed E-state index contributed by atoms with van der Waals surface area (Å²) in [6, 6.07) is 0. The normalized spacial score (nSPS) is 13.0. The number of nitrogens with zero attached hydrogens (tertiary/aromatic N) is 3. The predicted octanol–water partition coefficient (Wildman–Crippen LogP) is 5.14. The standard InChI is InChI=1S/C15H29ClN3PS/c1-5-9-11-17-13-14(20(16)18(7-3)8-4)19(15(17)21)12-10-6-2/h13H,5-12H2,1-4H3. The van der Waals surface area contributed by atoms with E-state index in [0.29, 0.717) is 0 Å². The molecule has 0 bridgehead atoms. The summed E-state index contributed by atoms with van der Waals surface area (Å²) in [4.78, 5) is 0. The van der Waals surface area contributed by atoms with Crippen molar-refractivity contribution in [2.45, 2.75) is 66.5 Å². The number of aromatic nitrogens is 2. The Bertz CT molecular complexity index is 468. The molecule has 1 atom stereocenters. The monoisotopic (exact) mass is 349 g/mol. The molecule has 1 unspecified atom stereocenters. The van der Waals surface area contributed by atoms with Gasteiger partial charge in [-0.15, -0.1) is 0 Å². The zero-order chi connectivity index (χ0) is 15.8. The second-order valence-corrected chi connectivity index (χ2v) is 8.09. The molecule has 122 valence electrons. The number of rotatable bonds is 10. The maximum atomic E-state index is 6.79. The minimum Gasteiger partial charge on any atom is -0.323 e. The van der Waals surface area contributed by atoms with Gasteiger partial charge in [-0.1, -0.05) is 51.8 Å². The SMILES string of the molecule is CCCCn1cc(P(Cl)N(CC)CC)n(CCCC)c1=S. The Morgan fingerprint density at radius 2 is 1.67 bits per heavy atom. The molecule has 3 nitrogen and oxygen atoms in total. The fourth-order valence-corrected chi connectivity index (χ4v) is 5.16. The molecule has 0 aliphatic carbocycles. The molecule has 0 spiro atoms. The largest absolute Gasteiger partial charge is 0.323 e. The summed E-state index contributed by atoms with van der Waals surface area (Å²) in [5.41, 5.74) is 1.21. The average molecular weight is 350 g/mol. The fraction of sp³-hybridized carbons (Fsp3) is 0.800. The number of aryl methyl sites for hydroxylation is 1. The van der Waals surface area contributed by atoms with Gasteiger partial charge in [-0.25, -0.2) is 0 Å². The first-order chi connectivity index (χ1) is 10.1. The Kier molecular flexibility index (Phi) is 9.12. The molecule has 6 heteroatoms. The number of halogens is 1. The van der Waals surface area contributed by atoms with Gasteiger partial charge in [-0.05, 0) is 25.1 Å². The zero-order valence-corrected chi connectivity index (χ0v) is 16.3. The molecule has 21 heavy (non-hydrogen) atoms. The van der Waals surface area contributed by atoms with E-state index >= 15 is 0 Å². The van der Waals surface area contributed by atoms with Crippen LogP contribution in [0, 0.1) is 4.77 Å². The van der Waals surface area contributed by atoms with Crippen LogP contribution < -0.4 is 5.44 Å². The molecule has 1 rings (SSSR count). The Morgan fingerprint density at radius 1 is 1.10 bits per heavy atom. The predicted molar refractivity (Wildman–Crippen MR) is 98.4 cm³/mol. The van der Waals surface area contributed by atoms with E-state index in [1.54, 1.807) is 0 Å². The Labute approximate surface area is 140 Å². The van der Waals surface area contributed by atoms with Gasteiger partial charge in [-0.2, -0.15) is 0 Å². The molecule has 0 saturated heterocycles. The van der Waals surface area contributed by atoms with E-state index in [9.17, 15) is 0 Å². The molecule has 0 N–H and O–H groups in total. The summed E-state index contributed by atoms with van der Waals surface area (Å²) < 4.78 is 7.75. The smallest absolute Gasteiger partial charge is 0.180 e. The highest BCUT2D eigenvalue weighted by atomic mass is 35.7. The molecule has 0 amide bonds. The number of imidazole rings is 1. The maximum Gasteiger partial charge on any atom is 0.180 e. The van der Waals surface area contributed by atoms with Gasteiger partial charge >= 0.3 is 0 Å². The van der Waals surface area contributed by atoms with Gasteiger partial charge in [-0.3, -0.25) is 4.67 Å². The van der Waals surface area contributed by atoms with E-state index in [-0.39, 0.29) is 0 Å². The van der Waals surface area contributed by atoms with Gasteiger partial charge in [0.15, 0.2) is 4.77 Å². The van der Waals surface area contributed by atoms with Gasteiger partial charge in [0.25, 0.3) is 0 Å². The number of unbranched alkanes of at least 4 members (excludes halogenated alkanes) is 2. The third-order valence-corrected chi connectivity index (χ3v) is 7.09. The van der Waals surface area contributed by atoms with Crippen LogP contribution in [-0.4, -0.2) is 26.9 Å². The minimum atomic E-state index is -0.806. The molecule has 0 aliphatic heterocycles. The zero-order valence-electron chi connectivity index (χ0n) is 13.8.